The lowest BCUT2D eigenvalue weighted by atomic mass is 10.0. The monoisotopic (exact) mass is 494 g/mol. The number of nitrogens with one attached hydrogen (secondary N) is 2. The minimum absolute atomic E-state index is 0.273. The lowest BCUT2D eigenvalue weighted by molar-refractivity contribution is -0.131. The summed E-state index contributed by atoms with van der Waals surface area (Å²) in [5.41, 5.74) is 2.17. The van der Waals surface area contributed by atoms with Crippen LogP contribution in [-0.4, -0.2) is 42.4 Å². The molecule has 0 aliphatic heterocycles. The summed E-state index contributed by atoms with van der Waals surface area (Å²) in [6.45, 7) is 4.17. The molecule has 3 rings (SSSR count). The van der Waals surface area contributed by atoms with Crippen molar-refractivity contribution in [3.05, 3.63) is 76.1 Å². The van der Waals surface area contributed by atoms with E-state index in [0.717, 1.165) is 64.7 Å². The van der Waals surface area contributed by atoms with E-state index in [-0.39, 0.29) is 11.3 Å². The predicted molar refractivity (Wildman–Crippen MR) is 142 cm³/mol. The van der Waals surface area contributed by atoms with Crippen LogP contribution in [0.3, 0.4) is 0 Å². The van der Waals surface area contributed by atoms with Crippen molar-refractivity contribution in [2.75, 3.05) is 26.3 Å². The molecule has 1 aromatic heterocycles. The highest BCUT2D eigenvalue weighted by atomic mass is 16.5. The van der Waals surface area contributed by atoms with Crippen molar-refractivity contribution in [1.82, 2.24) is 10.3 Å². The van der Waals surface area contributed by atoms with Gasteiger partial charge in [-0.25, -0.2) is 0 Å². The summed E-state index contributed by atoms with van der Waals surface area (Å²) >= 11 is 0. The number of ether oxygens (including phenoxy) is 2. The van der Waals surface area contributed by atoms with Crippen molar-refractivity contribution in [3.63, 3.8) is 0 Å². The van der Waals surface area contributed by atoms with Gasteiger partial charge in [0.2, 0.25) is 5.56 Å². The van der Waals surface area contributed by atoms with Crippen LogP contribution in [-0.2, 0) is 16.0 Å². The number of rotatable bonds is 16. The Labute approximate surface area is 212 Å². The third-order valence-electron chi connectivity index (χ3n) is 6.08. The molecular formula is C29H38N2O5. The Morgan fingerprint density at radius 3 is 2.47 bits per heavy atom. The zero-order chi connectivity index (χ0) is 25.6. The van der Waals surface area contributed by atoms with E-state index in [1.54, 1.807) is 18.2 Å². The standard InChI is InChI=1S/C29H38N2O5/c1-22(32)36-27-16-14-24(25-15-17-28(34)31-29(25)27)26(33)21-30-18-8-2-3-9-19-35-20-10-7-13-23-11-5-4-6-12-23/h4-6,11-12,14-17,26,30,33H,2-3,7-10,13,18-21H2,1H3,(H,31,34)/t26-/m0/s1. The van der Waals surface area contributed by atoms with E-state index >= 15 is 0 Å². The van der Waals surface area contributed by atoms with Crippen LogP contribution in [0, 0.1) is 0 Å². The number of benzene rings is 2. The Morgan fingerprint density at radius 1 is 0.944 bits per heavy atom. The Kier molecular flexibility index (Phi) is 11.6. The highest BCUT2D eigenvalue weighted by Gasteiger charge is 2.15. The summed E-state index contributed by atoms with van der Waals surface area (Å²) in [7, 11) is 0. The van der Waals surface area contributed by atoms with Crippen LogP contribution in [0.2, 0.25) is 0 Å². The number of pyridine rings is 1. The quantitative estimate of drug-likeness (QED) is 0.152. The number of unbranched alkanes of at least 4 members (excludes halogenated alkanes) is 4. The van der Waals surface area contributed by atoms with Gasteiger partial charge in [-0.1, -0.05) is 49.2 Å². The van der Waals surface area contributed by atoms with Crippen molar-refractivity contribution in [2.45, 2.75) is 58.0 Å². The molecule has 0 aliphatic rings. The van der Waals surface area contributed by atoms with Gasteiger partial charge in [0.15, 0.2) is 5.75 Å². The molecule has 0 bridgehead atoms. The summed E-state index contributed by atoms with van der Waals surface area (Å²) < 4.78 is 10.9. The normalized spacial score (nSPS) is 12.1. The van der Waals surface area contributed by atoms with E-state index in [1.807, 2.05) is 6.07 Å². The summed E-state index contributed by atoms with van der Waals surface area (Å²) in [6.07, 6.45) is 6.96. The number of esters is 1. The first-order chi connectivity index (χ1) is 17.5. The van der Waals surface area contributed by atoms with E-state index in [1.165, 1.54) is 18.6 Å². The van der Waals surface area contributed by atoms with Crippen LogP contribution < -0.4 is 15.6 Å². The molecule has 194 valence electrons. The number of aromatic amines is 1. The maximum Gasteiger partial charge on any atom is 0.308 e. The van der Waals surface area contributed by atoms with Crippen LogP contribution in [0.25, 0.3) is 10.9 Å². The SMILES string of the molecule is CC(=O)Oc1ccc([C@@H](O)CNCCCCCCOCCCCc2ccccc2)c2ccc(=O)[nH]c12. The molecule has 0 unspecified atom stereocenters. The van der Waals surface area contributed by atoms with Crippen LogP contribution in [0.15, 0.2) is 59.4 Å². The molecule has 0 saturated carbocycles. The third kappa shape index (κ3) is 9.22. The molecule has 7 heteroatoms. The minimum Gasteiger partial charge on any atom is -0.424 e. The molecule has 3 aromatic rings. The molecule has 0 amide bonds. The average Bonchev–Trinajstić information content (AvgIpc) is 2.87. The Hall–Kier alpha value is -3.00. The molecule has 0 aliphatic carbocycles. The Balaban J connectivity index is 1.26. The van der Waals surface area contributed by atoms with Crippen molar-refractivity contribution >= 4 is 16.9 Å². The zero-order valence-corrected chi connectivity index (χ0v) is 21.1. The third-order valence-corrected chi connectivity index (χ3v) is 6.08. The number of fused-ring (bicyclic) bond motifs is 1. The van der Waals surface area contributed by atoms with Crippen LogP contribution in [0.5, 0.6) is 5.75 Å². The highest BCUT2D eigenvalue weighted by Crippen LogP contribution is 2.29. The number of aliphatic hydroxyl groups is 1. The zero-order valence-electron chi connectivity index (χ0n) is 21.1. The molecule has 0 fully saturated rings. The highest BCUT2D eigenvalue weighted by molar-refractivity contribution is 5.89. The Bertz CT molecular complexity index is 1130. The number of aromatic nitrogens is 1. The van der Waals surface area contributed by atoms with Crippen LogP contribution >= 0.6 is 0 Å². The van der Waals surface area contributed by atoms with E-state index in [0.29, 0.717) is 23.0 Å². The van der Waals surface area contributed by atoms with Gasteiger partial charge in [0.1, 0.15) is 0 Å². The first kappa shape index (κ1) is 27.6. The number of carbonyl (C=O) groups excluding carboxylic acids is 1. The fourth-order valence-electron chi connectivity index (χ4n) is 4.21. The van der Waals surface area contributed by atoms with Gasteiger partial charge in [-0.15, -0.1) is 0 Å². The van der Waals surface area contributed by atoms with Gasteiger partial charge in [-0.3, -0.25) is 9.59 Å². The summed E-state index contributed by atoms with van der Waals surface area (Å²) in [5, 5.41) is 14.7. The van der Waals surface area contributed by atoms with Crippen molar-refractivity contribution < 1.29 is 19.4 Å². The first-order valence-corrected chi connectivity index (χ1v) is 12.9. The lowest BCUT2D eigenvalue weighted by Gasteiger charge is -2.16. The molecule has 2 aromatic carbocycles. The topological polar surface area (TPSA) is 101 Å². The van der Waals surface area contributed by atoms with Crippen molar-refractivity contribution in [3.8, 4) is 5.75 Å². The fraction of sp³-hybridized carbons (Fsp3) is 0.448. The maximum atomic E-state index is 11.8. The number of carbonyl (C=O) groups is 1. The molecule has 0 saturated heterocycles. The maximum absolute atomic E-state index is 11.8. The van der Waals surface area contributed by atoms with E-state index in [9.17, 15) is 14.7 Å². The van der Waals surface area contributed by atoms with E-state index in [2.05, 4.69) is 34.6 Å². The van der Waals surface area contributed by atoms with Gasteiger partial charge >= 0.3 is 5.97 Å². The smallest absolute Gasteiger partial charge is 0.308 e. The van der Waals surface area contributed by atoms with E-state index < -0.39 is 12.1 Å². The van der Waals surface area contributed by atoms with Gasteiger partial charge in [0, 0.05) is 38.1 Å². The molecular weight excluding hydrogens is 456 g/mol. The second kappa shape index (κ2) is 15.2. The van der Waals surface area contributed by atoms with Gasteiger partial charge in [0.25, 0.3) is 0 Å². The second-order valence-corrected chi connectivity index (χ2v) is 9.05. The lowest BCUT2D eigenvalue weighted by Crippen LogP contribution is -2.23. The number of H-pyrrole nitrogens is 1. The molecule has 3 N–H and O–H groups in total. The first-order valence-electron chi connectivity index (χ1n) is 12.9. The van der Waals surface area contributed by atoms with E-state index in [4.69, 9.17) is 9.47 Å². The predicted octanol–water partition coefficient (Wildman–Crippen LogP) is 4.68. The van der Waals surface area contributed by atoms with Gasteiger partial charge < -0.3 is 24.9 Å². The number of hydrogen-bond acceptors (Lipinski definition) is 6. The van der Waals surface area contributed by atoms with Gasteiger partial charge in [0.05, 0.1) is 11.6 Å². The summed E-state index contributed by atoms with van der Waals surface area (Å²) in [5.74, 6) is -0.198. The summed E-state index contributed by atoms with van der Waals surface area (Å²) in [6, 6.07) is 16.9. The molecule has 7 nitrogen and oxygen atoms in total. The molecule has 36 heavy (non-hydrogen) atoms. The number of aryl methyl sites for hydroxylation is 1. The van der Waals surface area contributed by atoms with Crippen molar-refractivity contribution in [2.24, 2.45) is 0 Å². The van der Waals surface area contributed by atoms with Crippen LogP contribution in [0.4, 0.5) is 0 Å². The van der Waals surface area contributed by atoms with Crippen molar-refractivity contribution in [1.29, 1.82) is 0 Å². The van der Waals surface area contributed by atoms with Gasteiger partial charge in [-0.05, 0) is 61.9 Å². The molecule has 1 heterocycles. The minimum atomic E-state index is -0.750. The fourth-order valence-corrected chi connectivity index (χ4v) is 4.21. The largest absolute Gasteiger partial charge is 0.424 e. The molecule has 0 spiro atoms. The molecule has 1 atom stereocenters. The Morgan fingerprint density at radius 2 is 1.69 bits per heavy atom. The molecule has 0 radical (unpaired) electrons. The average molecular weight is 495 g/mol. The van der Waals surface area contributed by atoms with Crippen LogP contribution in [0.1, 0.15) is 62.7 Å². The van der Waals surface area contributed by atoms with Gasteiger partial charge in [-0.2, -0.15) is 0 Å². The summed E-state index contributed by atoms with van der Waals surface area (Å²) in [4.78, 5) is 25.8. The number of hydrogen-bond donors (Lipinski definition) is 3. The number of aliphatic hydroxyl groups excluding tert-OH is 1. The second-order valence-electron chi connectivity index (χ2n) is 9.05.